The molecule has 7 heteroatoms. The molecule has 0 atom stereocenters. The van der Waals surface area contributed by atoms with Gasteiger partial charge in [0.2, 0.25) is 5.95 Å². The van der Waals surface area contributed by atoms with Crippen LogP contribution in [0.3, 0.4) is 0 Å². The van der Waals surface area contributed by atoms with E-state index in [4.69, 9.17) is 25.7 Å². The first-order valence-electron chi connectivity index (χ1n) is 8.15. The fourth-order valence-electron chi connectivity index (χ4n) is 2.53. The number of ether oxygens (including phenoxy) is 3. The summed E-state index contributed by atoms with van der Waals surface area (Å²) in [6, 6.07) is 3.69. The number of aromatic nitrogens is 2. The maximum Gasteiger partial charge on any atom is 0.222 e. The molecule has 1 aromatic heterocycles. The van der Waals surface area contributed by atoms with Crippen LogP contribution < -0.4 is 25.7 Å². The smallest absolute Gasteiger partial charge is 0.222 e. The van der Waals surface area contributed by atoms with Gasteiger partial charge in [0.15, 0.2) is 23.1 Å². The van der Waals surface area contributed by atoms with Gasteiger partial charge in [0.05, 0.1) is 19.9 Å². The number of rotatable bonds is 6. The molecule has 4 N–H and O–H groups in total. The maximum absolute atomic E-state index is 6.15. The summed E-state index contributed by atoms with van der Waals surface area (Å²) in [5, 5.41) is 0. The summed E-state index contributed by atoms with van der Waals surface area (Å²) in [5.74, 6) is 2.86. The van der Waals surface area contributed by atoms with Crippen molar-refractivity contribution >= 4 is 11.8 Å². The number of nitrogens with zero attached hydrogens (tertiary/aromatic N) is 2. The molecule has 0 aliphatic rings. The average molecular weight is 346 g/mol. The molecule has 0 bridgehead atoms. The topological polar surface area (TPSA) is 106 Å². The molecular weight excluding hydrogens is 320 g/mol. The molecule has 0 fully saturated rings. The van der Waals surface area contributed by atoms with E-state index >= 15 is 0 Å². The highest BCUT2D eigenvalue weighted by atomic mass is 16.5. The summed E-state index contributed by atoms with van der Waals surface area (Å²) >= 11 is 0. The first-order chi connectivity index (χ1) is 11.8. The van der Waals surface area contributed by atoms with Crippen molar-refractivity contribution < 1.29 is 14.2 Å². The minimum atomic E-state index is 0.0743. The van der Waals surface area contributed by atoms with Gasteiger partial charge in [-0.1, -0.05) is 27.7 Å². The Balaban J connectivity index is 2.61. The number of nitrogen functional groups attached to an aromatic ring is 2. The summed E-state index contributed by atoms with van der Waals surface area (Å²) in [5.41, 5.74) is 13.4. The van der Waals surface area contributed by atoms with Gasteiger partial charge >= 0.3 is 0 Å². The second kappa shape index (κ2) is 7.46. The van der Waals surface area contributed by atoms with Crippen molar-refractivity contribution in [3.05, 3.63) is 23.4 Å². The van der Waals surface area contributed by atoms with Crippen LogP contribution in [0.2, 0.25) is 0 Å². The van der Waals surface area contributed by atoms with E-state index in [0.717, 1.165) is 5.56 Å². The zero-order chi connectivity index (χ0) is 18.7. The maximum atomic E-state index is 6.15. The van der Waals surface area contributed by atoms with E-state index < -0.39 is 0 Å². The van der Waals surface area contributed by atoms with Gasteiger partial charge in [0.1, 0.15) is 5.75 Å². The van der Waals surface area contributed by atoms with Crippen LogP contribution in [-0.4, -0.2) is 24.2 Å². The Morgan fingerprint density at radius 3 is 1.96 bits per heavy atom. The Morgan fingerprint density at radius 1 is 0.840 bits per heavy atom. The highest BCUT2D eigenvalue weighted by molar-refractivity contribution is 5.58. The molecular formula is C18H26N4O3. The minimum absolute atomic E-state index is 0.0743. The summed E-state index contributed by atoms with van der Waals surface area (Å²) < 4.78 is 16.9. The van der Waals surface area contributed by atoms with Crippen LogP contribution in [0, 0.1) is 0 Å². The second-order valence-electron chi connectivity index (χ2n) is 6.34. The predicted molar refractivity (Wildman–Crippen MR) is 98.7 cm³/mol. The van der Waals surface area contributed by atoms with E-state index in [1.54, 1.807) is 20.3 Å². The average Bonchev–Trinajstić information content (AvgIpc) is 2.55. The van der Waals surface area contributed by atoms with Crippen LogP contribution in [0.1, 0.15) is 50.8 Å². The minimum Gasteiger partial charge on any atom is -0.493 e. The number of nitrogens with two attached hydrogens (primary N) is 2. The molecule has 0 radical (unpaired) electrons. The summed E-state index contributed by atoms with van der Waals surface area (Å²) in [4.78, 5) is 8.31. The SMILES string of the molecule is COc1cc(Oc2c(N)nc(N)nc2C(C)C)c(C(C)C)cc1OC. The molecule has 2 rings (SSSR count). The third-order valence-electron chi connectivity index (χ3n) is 3.83. The fraction of sp³-hybridized carbons (Fsp3) is 0.444. The third kappa shape index (κ3) is 3.87. The second-order valence-corrected chi connectivity index (χ2v) is 6.34. The van der Waals surface area contributed by atoms with Crippen LogP contribution >= 0.6 is 0 Å². The van der Waals surface area contributed by atoms with Crippen molar-refractivity contribution in [1.29, 1.82) is 0 Å². The molecule has 0 amide bonds. The first-order valence-corrected chi connectivity index (χ1v) is 8.15. The number of anilines is 2. The number of methoxy groups -OCH3 is 2. The van der Waals surface area contributed by atoms with Gasteiger partial charge in [-0.15, -0.1) is 0 Å². The Morgan fingerprint density at radius 2 is 1.44 bits per heavy atom. The highest BCUT2D eigenvalue weighted by Gasteiger charge is 2.21. The van der Waals surface area contributed by atoms with E-state index in [2.05, 4.69) is 23.8 Å². The molecule has 0 aliphatic carbocycles. The van der Waals surface area contributed by atoms with Crippen molar-refractivity contribution in [1.82, 2.24) is 9.97 Å². The van der Waals surface area contributed by atoms with Crippen LogP contribution in [0.4, 0.5) is 11.8 Å². The fourth-order valence-corrected chi connectivity index (χ4v) is 2.53. The quantitative estimate of drug-likeness (QED) is 0.821. The monoisotopic (exact) mass is 346 g/mol. The molecule has 1 heterocycles. The van der Waals surface area contributed by atoms with Crippen molar-refractivity contribution in [2.75, 3.05) is 25.7 Å². The molecule has 1 aromatic carbocycles. The molecule has 25 heavy (non-hydrogen) atoms. The Kier molecular flexibility index (Phi) is 5.56. The molecule has 0 aliphatic heterocycles. The van der Waals surface area contributed by atoms with Gasteiger partial charge < -0.3 is 25.7 Å². The first kappa shape index (κ1) is 18.6. The van der Waals surface area contributed by atoms with E-state index in [1.807, 2.05) is 19.9 Å². The van der Waals surface area contributed by atoms with E-state index in [1.165, 1.54) is 0 Å². The van der Waals surface area contributed by atoms with Crippen molar-refractivity contribution in [2.45, 2.75) is 39.5 Å². The van der Waals surface area contributed by atoms with Crippen LogP contribution in [0.5, 0.6) is 23.0 Å². The molecule has 0 unspecified atom stereocenters. The summed E-state index contributed by atoms with van der Waals surface area (Å²) in [6.45, 7) is 8.12. The number of hydrogen-bond acceptors (Lipinski definition) is 7. The van der Waals surface area contributed by atoms with Crippen LogP contribution in [0.15, 0.2) is 12.1 Å². The Bertz CT molecular complexity index is 760. The molecule has 0 saturated carbocycles. The predicted octanol–water partition coefficient (Wildman–Crippen LogP) is 3.70. The van der Waals surface area contributed by atoms with E-state index in [9.17, 15) is 0 Å². The van der Waals surface area contributed by atoms with Crippen molar-refractivity contribution in [3.8, 4) is 23.0 Å². The van der Waals surface area contributed by atoms with Gasteiger partial charge in [-0.25, -0.2) is 4.98 Å². The Labute approximate surface area is 148 Å². The highest BCUT2D eigenvalue weighted by Crippen LogP contribution is 2.42. The molecule has 0 saturated heterocycles. The molecule has 0 spiro atoms. The third-order valence-corrected chi connectivity index (χ3v) is 3.83. The zero-order valence-electron chi connectivity index (χ0n) is 15.6. The number of hydrogen-bond donors (Lipinski definition) is 2. The largest absolute Gasteiger partial charge is 0.493 e. The van der Waals surface area contributed by atoms with Crippen LogP contribution in [0.25, 0.3) is 0 Å². The number of benzene rings is 1. The lowest BCUT2D eigenvalue weighted by Gasteiger charge is -2.20. The lowest BCUT2D eigenvalue weighted by Crippen LogP contribution is -2.08. The van der Waals surface area contributed by atoms with Gasteiger partial charge in [0.25, 0.3) is 0 Å². The standard InChI is InChI=1S/C18H26N4O3/c1-9(2)11-7-13(23-5)14(24-6)8-12(11)25-16-15(10(3)4)21-18(20)22-17(16)19/h7-10H,1-6H3,(H4,19,20,21,22). The van der Waals surface area contributed by atoms with Gasteiger partial charge in [0, 0.05) is 11.6 Å². The van der Waals surface area contributed by atoms with Gasteiger partial charge in [-0.2, -0.15) is 4.98 Å². The van der Waals surface area contributed by atoms with Gasteiger partial charge in [-0.05, 0) is 17.9 Å². The lowest BCUT2D eigenvalue weighted by atomic mass is 10.0. The van der Waals surface area contributed by atoms with Crippen molar-refractivity contribution in [3.63, 3.8) is 0 Å². The molecule has 136 valence electrons. The Hall–Kier alpha value is -2.70. The normalized spacial score (nSPS) is 11.0. The van der Waals surface area contributed by atoms with E-state index in [0.29, 0.717) is 28.7 Å². The molecule has 7 nitrogen and oxygen atoms in total. The van der Waals surface area contributed by atoms with Crippen molar-refractivity contribution in [2.24, 2.45) is 0 Å². The summed E-state index contributed by atoms with van der Waals surface area (Å²) in [7, 11) is 3.18. The van der Waals surface area contributed by atoms with E-state index in [-0.39, 0.29) is 23.6 Å². The summed E-state index contributed by atoms with van der Waals surface area (Å²) in [6.07, 6.45) is 0. The van der Waals surface area contributed by atoms with Gasteiger partial charge in [-0.3, -0.25) is 0 Å². The molecule has 2 aromatic rings. The van der Waals surface area contributed by atoms with Crippen LogP contribution in [-0.2, 0) is 0 Å². The zero-order valence-corrected chi connectivity index (χ0v) is 15.6. The lowest BCUT2D eigenvalue weighted by molar-refractivity contribution is 0.350.